The van der Waals surface area contributed by atoms with Gasteiger partial charge in [-0.25, -0.2) is 0 Å². The highest BCUT2D eigenvalue weighted by atomic mass is 19.4. The second-order valence-electron chi connectivity index (χ2n) is 3.92. The molecule has 0 aromatic rings. The van der Waals surface area contributed by atoms with Crippen LogP contribution in [0, 0.1) is 0 Å². The molecule has 0 aromatic carbocycles. The van der Waals surface area contributed by atoms with E-state index in [9.17, 15) is 13.2 Å². The highest BCUT2D eigenvalue weighted by molar-refractivity contribution is 4.52. The topological polar surface area (TPSA) is 20.2 Å². The lowest BCUT2D eigenvalue weighted by atomic mass is 10.1. The molecule has 15 heavy (non-hydrogen) atoms. The van der Waals surface area contributed by atoms with Crippen LogP contribution in [0.2, 0.25) is 0 Å². The third-order valence-electron chi connectivity index (χ3n) is 2.37. The zero-order chi connectivity index (χ0) is 11.6. The van der Waals surface area contributed by atoms with E-state index in [4.69, 9.17) is 5.11 Å². The first kappa shape index (κ1) is 14.8. The van der Waals surface area contributed by atoms with E-state index in [1.54, 1.807) is 0 Å². The van der Waals surface area contributed by atoms with Crippen molar-refractivity contribution in [3.63, 3.8) is 0 Å². The summed E-state index contributed by atoms with van der Waals surface area (Å²) in [7, 11) is 0. The summed E-state index contributed by atoms with van der Waals surface area (Å²) in [6, 6.07) is 0. The van der Waals surface area contributed by atoms with Gasteiger partial charge in [0.15, 0.2) is 0 Å². The molecule has 1 nitrogen and oxygen atoms in total. The number of hydrogen-bond donors (Lipinski definition) is 1. The lowest BCUT2D eigenvalue weighted by molar-refractivity contribution is -0.135. The number of aliphatic hydroxyl groups excluding tert-OH is 1. The Bertz CT molecular complexity index is 134. The van der Waals surface area contributed by atoms with E-state index in [2.05, 4.69) is 0 Å². The molecule has 0 saturated heterocycles. The van der Waals surface area contributed by atoms with E-state index in [1.165, 1.54) is 0 Å². The number of aliphatic hydroxyl groups is 1. The summed E-state index contributed by atoms with van der Waals surface area (Å²) in [6.07, 6.45) is 2.26. The third-order valence-corrected chi connectivity index (χ3v) is 2.37. The van der Waals surface area contributed by atoms with Gasteiger partial charge in [0, 0.05) is 13.0 Å². The Morgan fingerprint density at radius 2 is 1.07 bits per heavy atom. The molecule has 0 unspecified atom stereocenters. The molecule has 0 aromatic heterocycles. The average Bonchev–Trinajstić information content (AvgIpc) is 2.14. The van der Waals surface area contributed by atoms with E-state index in [1.807, 2.05) is 0 Å². The van der Waals surface area contributed by atoms with Crippen molar-refractivity contribution >= 4 is 0 Å². The minimum Gasteiger partial charge on any atom is -0.396 e. The van der Waals surface area contributed by atoms with Gasteiger partial charge < -0.3 is 5.11 Å². The minimum absolute atomic E-state index is 0.242. The molecule has 0 aliphatic heterocycles. The van der Waals surface area contributed by atoms with E-state index in [-0.39, 0.29) is 13.0 Å². The van der Waals surface area contributed by atoms with Gasteiger partial charge in [-0.15, -0.1) is 0 Å². The third kappa shape index (κ3) is 13.8. The molecule has 0 bridgehead atoms. The lowest BCUT2D eigenvalue weighted by Gasteiger charge is -2.05. The van der Waals surface area contributed by atoms with Gasteiger partial charge in [0.05, 0.1) is 0 Å². The largest absolute Gasteiger partial charge is 0.396 e. The zero-order valence-corrected chi connectivity index (χ0v) is 9.15. The van der Waals surface area contributed by atoms with Gasteiger partial charge in [-0.05, 0) is 12.8 Å². The molecule has 0 saturated carbocycles. The summed E-state index contributed by atoms with van der Waals surface area (Å²) in [4.78, 5) is 0. The molecule has 0 aliphatic carbocycles. The van der Waals surface area contributed by atoms with Crippen LogP contribution in [-0.2, 0) is 0 Å². The van der Waals surface area contributed by atoms with Crippen LogP contribution in [0.25, 0.3) is 0 Å². The fourth-order valence-electron chi connectivity index (χ4n) is 1.50. The highest BCUT2D eigenvalue weighted by Gasteiger charge is 2.25. The first-order chi connectivity index (χ1) is 7.06. The molecule has 0 fully saturated rings. The number of rotatable bonds is 9. The normalized spacial score (nSPS) is 12.0. The van der Waals surface area contributed by atoms with Crippen LogP contribution < -0.4 is 0 Å². The van der Waals surface area contributed by atoms with Crippen molar-refractivity contribution in [3.05, 3.63) is 0 Å². The number of alkyl halides is 3. The maximum atomic E-state index is 11.7. The van der Waals surface area contributed by atoms with Crippen LogP contribution in [0.3, 0.4) is 0 Å². The molecule has 0 spiro atoms. The quantitative estimate of drug-likeness (QED) is 0.588. The number of halogens is 3. The Kier molecular flexibility index (Phi) is 8.86. The van der Waals surface area contributed by atoms with Gasteiger partial charge in [0.2, 0.25) is 0 Å². The predicted octanol–water partition coefficient (Wildman–Crippen LogP) is 4.05. The summed E-state index contributed by atoms with van der Waals surface area (Å²) in [5.74, 6) is 0. The van der Waals surface area contributed by atoms with Crippen LogP contribution in [-0.4, -0.2) is 17.9 Å². The molecule has 4 heteroatoms. The molecule has 0 atom stereocenters. The fraction of sp³-hybridized carbons (Fsp3) is 1.00. The van der Waals surface area contributed by atoms with Crippen LogP contribution in [0.1, 0.15) is 57.8 Å². The van der Waals surface area contributed by atoms with Gasteiger partial charge in [0.1, 0.15) is 0 Å². The van der Waals surface area contributed by atoms with Crippen molar-refractivity contribution in [1.82, 2.24) is 0 Å². The fourth-order valence-corrected chi connectivity index (χ4v) is 1.50. The van der Waals surface area contributed by atoms with Gasteiger partial charge in [0.25, 0.3) is 0 Å². The van der Waals surface area contributed by atoms with Gasteiger partial charge in [-0.2, -0.15) is 13.2 Å². The molecule has 0 heterocycles. The minimum atomic E-state index is -3.98. The molecule has 92 valence electrons. The van der Waals surface area contributed by atoms with E-state index in [0.29, 0.717) is 6.42 Å². The number of unbranched alkanes of at least 4 members (excludes halogenated alkanes) is 7. The standard InChI is InChI=1S/C11H21F3O/c12-11(13,14)9-7-5-3-1-2-4-6-8-10-15/h15H,1-10H2. The van der Waals surface area contributed by atoms with Crippen LogP contribution in [0.4, 0.5) is 13.2 Å². The first-order valence-corrected chi connectivity index (χ1v) is 5.74. The monoisotopic (exact) mass is 226 g/mol. The SMILES string of the molecule is OCCCCCCCCCCC(F)(F)F. The molecule has 0 rings (SSSR count). The molecule has 0 amide bonds. The van der Waals surface area contributed by atoms with Crippen LogP contribution in [0.5, 0.6) is 0 Å². The van der Waals surface area contributed by atoms with Gasteiger partial charge in [-0.3, -0.25) is 0 Å². The second-order valence-corrected chi connectivity index (χ2v) is 3.92. The molecular formula is C11H21F3O. The van der Waals surface area contributed by atoms with Crippen molar-refractivity contribution in [2.75, 3.05) is 6.61 Å². The molecular weight excluding hydrogens is 205 g/mol. The van der Waals surface area contributed by atoms with E-state index < -0.39 is 12.6 Å². The molecule has 0 radical (unpaired) electrons. The van der Waals surface area contributed by atoms with E-state index in [0.717, 1.165) is 38.5 Å². The first-order valence-electron chi connectivity index (χ1n) is 5.74. The van der Waals surface area contributed by atoms with Crippen molar-refractivity contribution in [2.45, 2.75) is 64.0 Å². The molecule has 0 aliphatic rings. The summed E-state index contributed by atoms with van der Waals surface area (Å²) >= 11 is 0. The number of hydrogen-bond acceptors (Lipinski definition) is 1. The highest BCUT2D eigenvalue weighted by Crippen LogP contribution is 2.23. The lowest BCUT2D eigenvalue weighted by Crippen LogP contribution is -2.06. The predicted molar refractivity (Wildman–Crippen MR) is 54.7 cm³/mol. The summed E-state index contributed by atoms with van der Waals surface area (Å²) in [5, 5.41) is 8.51. The Morgan fingerprint density at radius 1 is 0.667 bits per heavy atom. The maximum absolute atomic E-state index is 11.7. The second kappa shape index (κ2) is 9.01. The zero-order valence-electron chi connectivity index (χ0n) is 9.15. The summed E-state index contributed by atoms with van der Waals surface area (Å²) in [5.41, 5.74) is 0. The summed E-state index contributed by atoms with van der Waals surface area (Å²) < 4.78 is 35.2. The maximum Gasteiger partial charge on any atom is 0.389 e. The van der Waals surface area contributed by atoms with Crippen molar-refractivity contribution < 1.29 is 18.3 Å². The van der Waals surface area contributed by atoms with Crippen molar-refractivity contribution in [2.24, 2.45) is 0 Å². The van der Waals surface area contributed by atoms with Crippen molar-refractivity contribution in [3.8, 4) is 0 Å². The van der Waals surface area contributed by atoms with Crippen LogP contribution >= 0.6 is 0 Å². The summed E-state index contributed by atoms with van der Waals surface area (Å²) in [6.45, 7) is 0.242. The van der Waals surface area contributed by atoms with Crippen molar-refractivity contribution in [1.29, 1.82) is 0 Å². The Hall–Kier alpha value is -0.250. The van der Waals surface area contributed by atoms with E-state index >= 15 is 0 Å². The van der Waals surface area contributed by atoms with Gasteiger partial charge in [-0.1, -0.05) is 38.5 Å². The van der Waals surface area contributed by atoms with Gasteiger partial charge >= 0.3 is 6.18 Å². The molecule has 1 N–H and O–H groups in total. The Labute approximate surface area is 89.7 Å². The van der Waals surface area contributed by atoms with Crippen LogP contribution in [0.15, 0.2) is 0 Å². The average molecular weight is 226 g/mol. The Morgan fingerprint density at radius 3 is 1.47 bits per heavy atom. The Balaban J connectivity index is 2.99. The smallest absolute Gasteiger partial charge is 0.389 e.